The molecule has 0 aromatic rings. The van der Waals surface area contributed by atoms with Gasteiger partial charge < -0.3 is 10.2 Å². The highest BCUT2D eigenvalue weighted by molar-refractivity contribution is 5.71. The molecule has 0 amide bonds. The molecule has 0 aromatic heterocycles. The van der Waals surface area contributed by atoms with E-state index in [-0.39, 0.29) is 13.0 Å². The van der Waals surface area contributed by atoms with E-state index in [0.717, 1.165) is 25.7 Å². The summed E-state index contributed by atoms with van der Waals surface area (Å²) in [6.07, 6.45) is 19.2. The Morgan fingerprint density at radius 2 is 1.46 bits per heavy atom. The van der Waals surface area contributed by atoms with Crippen LogP contribution in [0.15, 0.2) is 12.2 Å². The summed E-state index contributed by atoms with van der Waals surface area (Å²) >= 11 is 0. The van der Waals surface area contributed by atoms with Crippen LogP contribution >= 0.6 is 0 Å². The third-order valence-corrected chi connectivity index (χ3v) is 4.92. The second-order valence-electron chi connectivity index (χ2n) is 7.60. The fourth-order valence-electron chi connectivity index (χ4n) is 3.20. The predicted molar refractivity (Wildman–Crippen MR) is 114 cm³/mol. The second kappa shape index (κ2) is 20.8. The molecule has 0 bridgehead atoms. The summed E-state index contributed by atoms with van der Waals surface area (Å²) in [7, 11) is 0. The summed E-state index contributed by atoms with van der Waals surface area (Å²) < 4.78 is 0. The molecule has 0 aromatic carbocycles. The van der Waals surface area contributed by atoms with Crippen molar-refractivity contribution in [2.75, 3.05) is 13.2 Å². The lowest BCUT2D eigenvalue weighted by Gasteiger charge is -2.17. The maximum absolute atomic E-state index is 12.0. The molecule has 0 radical (unpaired) electrons. The minimum Gasteiger partial charge on any atom is -0.394 e. The van der Waals surface area contributed by atoms with E-state index >= 15 is 0 Å². The van der Waals surface area contributed by atoms with Crippen LogP contribution in [0.2, 0.25) is 0 Å². The largest absolute Gasteiger partial charge is 0.394 e. The van der Waals surface area contributed by atoms with Crippen LogP contribution in [0, 0.1) is 5.92 Å². The van der Waals surface area contributed by atoms with E-state index in [2.05, 4.69) is 19.1 Å². The number of hydrogen-bond acceptors (Lipinski definition) is 5. The van der Waals surface area contributed by atoms with Crippen LogP contribution in [0.5, 0.6) is 0 Å². The molecule has 0 rings (SSSR count). The average molecular weight is 401 g/mol. The molecule has 0 spiro atoms. The van der Waals surface area contributed by atoms with Crippen LogP contribution < -0.4 is 0 Å². The summed E-state index contributed by atoms with van der Waals surface area (Å²) in [5, 5.41) is 18.6. The Morgan fingerprint density at radius 1 is 0.893 bits per heavy atom. The molecule has 0 saturated carbocycles. The van der Waals surface area contributed by atoms with Gasteiger partial charge in [0.05, 0.1) is 25.2 Å². The number of rotatable bonds is 20. The van der Waals surface area contributed by atoms with Gasteiger partial charge in [0.2, 0.25) is 0 Å². The normalized spacial score (nSPS) is 13.7. The number of aliphatic hydroxyl groups is 2. The summed E-state index contributed by atoms with van der Waals surface area (Å²) in [5.74, 6) is -0.877. The molecule has 0 fully saturated rings. The number of allylic oxidation sites excluding steroid dienone is 2. The molecule has 0 heterocycles. The van der Waals surface area contributed by atoms with Gasteiger partial charge in [-0.1, -0.05) is 70.4 Å². The van der Waals surface area contributed by atoms with Crippen LogP contribution in [0.3, 0.4) is 0 Å². The zero-order valence-corrected chi connectivity index (χ0v) is 18.2. The van der Waals surface area contributed by atoms with Gasteiger partial charge in [0.1, 0.15) is 0 Å². The van der Waals surface area contributed by atoms with Gasteiger partial charge in [0.25, 0.3) is 0 Å². The van der Waals surface area contributed by atoms with E-state index in [9.17, 15) is 9.90 Å². The molecule has 28 heavy (non-hydrogen) atoms. The number of aliphatic hydroxyl groups excluding tert-OH is 2. The lowest BCUT2D eigenvalue weighted by atomic mass is 9.95. The SMILES string of the molecule is CCCCCCCC/C=C\CCCCCCC(CC(O)CO)C(=O)OOCC. The third-order valence-electron chi connectivity index (χ3n) is 4.92. The van der Waals surface area contributed by atoms with E-state index < -0.39 is 18.0 Å². The third kappa shape index (κ3) is 17.2. The number of unbranched alkanes of at least 4 members (excludes halogenated alkanes) is 10. The summed E-state index contributed by atoms with van der Waals surface area (Å²) in [4.78, 5) is 21.4. The highest BCUT2D eigenvalue weighted by Gasteiger charge is 2.23. The van der Waals surface area contributed by atoms with Crippen LogP contribution in [-0.2, 0) is 14.6 Å². The standard InChI is InChI=1S/C23H44O5/c1-3-5-6-7-8-9-10-11-12-13-14-15-16-17-18-21(19-22(25)20-24)23(26)28-27-4-2/h11-12,21-22,24-25H,3-10,13-20H2,1-2H3/b12-11-. The minimum atomic E-state index is -0.893. The quantitative estimate of drug-likeness (QED) is 0.122. The monoisotopic (exact) mass is 400 g/mol. The zero-order valence-electron chi connectivity index (χ0n) is 18.2. The Hall–Kier alpha value is -0.910. The van der Waals surface area contributed by atoms with E-state index in [1.54, 1.807) is 6.92 Å². The maximum Gasteiger partial charge on any atom is 0.345 e. The smallest absolute Gasteiger partial charge is 0.345 e. The topological polar surface area (TPSA) is 76.0 Å². The molecule has 5 heteroatoms. The summed E-state index contributed by atoms with van der Waals surface area (Å²) in [5.41, 5.74) is 0. The van der Waals surface area contributed by atoms with Crippen molar-refractivity contribution >= 4 is 5.97 Å². The molecule has 0 aliphatic carbocycles. The fourth-order valence-corrected chi connectivity index (χ4v) is 3.20. The van der Waals surface area contributed by atoms with Crippen molar-refractivity contribution in [3.05, 3.63) is 12.2 Å². The first-order valence-electron chi connectivity index (χ1n) is 11.4. The molecule has 0 aliphatic heterocycles. The average Bonchev–Trinajstić information content (AvgIpc) is 2.71. The molecule has 0 aliphatic rings. The molecule has 2 unspecified atom stereocenters. The van der Waals surface area contributed by atoms with Crippen LogP contribution in [-0.4, -0.2) is 35.5 Å². The summed E-state index contributed by atoms with van der Waals surface area (Å²) in [6.45, 7) is 3.95. The van der Waals surface area contributed by atoms with Gasteiger partial charge in [0.15, 0.2) is 0 Å². The Kier molecular flexibility index (Phi) is 20.1. The van der Waals surface area contributed by atoms with Crippen LogP contribution in [0.25, 0.3) is 0 Å². The molecular formula is C23H44O5. The Labute approximate surface area is 172 Å². The van der Waals surface area contributed by atoms with Crippen molar-refractivity contribution in [2.45, 2.75) is 110 Å². The highest BCUT2D eigenvalue weighted by atomic mass is 17.2. The number of carbonyl (C=O) groups excluding carboxylic acids is 1. The minimum absolute atomic E-state index is 0.212. The first-order chi connectivity index (χ1) is 13.7. The van der Waals surface area contributed by atoms with Crippen molar-refractivity contribution in [1.29, 1.82) is 0 Å². The lowest BCUT2D eigenvalue weighted by molar-refractivity contribution is -0.274. The Balaban J connectivity index is 3.72. The fraction of sp³-hybridized carbons (Fsp3) is 0.870. The van der Waals surface area contributed by atoms with Crippen LogP contribution in [0.4, 0.5) is 0 Å². The van der Waals surface area contributed by atoms with Crippen molar-refractivity contribution in [3.8, 4) is 0 Å². The van der Waals surface area contributed by atoms with E-state index in [0.29, 0.717) is 13.0 Å². The molecule has 0 saturated heterocycles. The molecule has 2 N–H and O–H groups in total. The van der Waals surface area contributed by atoms with Gasteiger partial charge in [-0.3, -0.25) is 4.89 Å². The molecule has 166 valence electrons. The van der Waals surface area contributed by atoms with Gasteiger partial charge in [-0.15, -0.1) is 0 Å². The Bertz CT molecular complexity index is 370. The molecular weight excluding hydrogens is 356 g/mol. The maximum atomic E-state index is 12.0. The highest BCUT2D eigenvalue weighted by Crippen LogP contribution is 2.19. The van der Waals surface area contributed by atoms with Crippen molar-refractivity contribution in [2.24, 2.45) is 5.92 Å². The van der Waals surface area contributed by atoms with E-state index in [1.165, 1.54) is 51.4 Å². The molecule has 5 nitrogen and oxygen atoms in total. The van der Waals surface area contributed by atoms with Crippen molar-refractivity contribution in [3.63, 3.8) is 0 Å². The zero-order chi connectivity index (χ0) is 20.9. The van der Waals surface area contributed by atoms with Crippen molar-refractivity contribution < 1.29 is 24.8 Å². The van der Waals surface area contributed by atoms with E-state index in [1.807, 2.05) is 0 Å². The molecule has 2 atom stereocenters. The Morgan fingerprint density at radius 3 is 2.04 bits per heavy atom. The number of carbonyl (C=O) groups is 1. The summed E-state index contributed by atoms with van der Waals surface area (Å²) in [6, 6.07) is 0. The van der Waals surface area contributed by atoms with Gasteiger partial charge in [0, 0.05) is 0 Å². The second-order valence-corrected chi connectivity index (χ2v) is 7.60. The first kappa shape index (κ1) is 27.1. The van der Waals surface area contributed by atoms with Gasteiger partial charge >= 0.3 is 5.97 Å². The first-order valence-corrected chi connectivity index (χ1v) is 11.4. The van der Waals surface area contributed by atoms with Gasteiger partial charge in [-0.2, -0.15) is 4.89 Å². The van der Waals surface area contributed by atoms with Gasteiger partial charge in [-0.25, -0.2) is 4.79 Å². The number of hydrogen-bond donors (Lipinski definition) is 2. The van der Waals surface area contributed by atoms with Crippen molar-refractivity contribution in [1.82, 2.24) is 0 Å². The van der Waals surface area contributed by atoms with E-state index in [4.69, 9.17) is 14.9 Å². The van der Waals surface area contributed by atoms with Crippen LogP contribution in [0.1, 0.15) is 104 Å². The lowest BCUT2D eigenvalue weighted by Crippen LogP contribution is -2.25. The van der Waals surface area contributed by atoms with Gasteiger partial charge in [-0.05, 0) is 45.4 Å². The predicted octanol–water partition coefficient (Wildman–Crippen LogP) is 5.49.